The van der Waals surface area contributed by atoms with Gasteiger partial charge in [0.15, 0.2) is 0 Å². The van der Waals surface area contributed by atoms with Crippen LogP contribution in [0.5, 0.6) is 0 Å². The lowest BCUT2D eigenvalue weighted by atomic mass is 9.64. The predicted octanol–water partition coefficient (Wildman–Crippen LogP) is 3.15. The molecular formula is C15H29NO2. The van der Waals surface area contributed by atoms with E-state index in [1.807, 2.05) is 0 Å². The van der Waals surface area contributed by atoms with Crippen LogP contribution >= 0.6 is 0 Å². The lowest BCUT2D eigenvalue weighted by molar-refractivity contribution is -0.140. The first-order chi connectivity index (χ1) is 8.33. The summed E-state index contributed by atoms with van der Waals surface area (Å²) in [5, 5.41) is 12.7. The smallest absolute Gasteiger partial charge is 0.303 e. The largest absolute Gasteiger partial charge is 0.481 e. The summed E-state index contributed by atoms with van der Waals surface area (Å²) in [5.41, 5.74) is -0.0300. The van der Waals surface area contributed by atoms with Crippen molar-refractivity contribution in [2.24, 2.45) is 23.2 Å². The summed E-state index contributed by atoms with van der Waals surface area (Å²) in [4.78, 5) is 11.2. The molecule has 0 spiro atoms. The highest BCUT2D eigenvalue weighted by molar-refractivity contribution is 5.67. The number of hydrogen-bond donors (Lipinski definition) is 2. The van der Waals surface area contributed by atoms with Crippen molar-refractivity contribution in [3.05, 3.63) is 0 Å². The summed E-state index contributed by atoms with van der Waals surface area (Å²) in [7, 11) is 0. The maximum absolute atomic E-state index is 11.2. The second kappa shape index (κ2) is 6.55. The Morgan fingerprint density at radius 2 is 1.89 bits per heavy atom. The van der Waals surface area contributed by atoms with E-state index in [1.54, 1.807) is 0 Å². The highest BCUT2D eigenvalue weighted by atomic mass is 16.4. The number of hydrogen-bond acceptors (Lipinski definition) is 2. The molecule has 1 aliphatic rings. The van der Waals surface area contributed by atoms with Crippen molar-refractivity contribution in [1.29, 1.82) is 0 Å². The van der Waals surface area contributed by atoms with Gasteiger partial charge in [-0.2, -0.15) is 0 Å². The Morgan fingerprint density at radius 1 is 1.33 bits per heavy atom. The van der Waals surface area contributed by atoms with Crippen molar-refractivity contribution in [3.8, 4) is 0 Å². The molecule has 0 bridgehead atoms. The monoisotopic (exact) mass is 255 g/mol. The summed E-state index contributed by atoms with van der Waals surface area (Å²) in [6.45, 7) is 10.7. The molecule has 0 aromatic carbocycles. The van der Waals surface area contributed by atoms with Crippen molar-refractivity contribution in [2.75, 3.05) is 13.1 Å². The molecule has 0 radical (unpaired) electrons. The first kappa shape index (κ1) is 15.5. The van der Waals surface area contributed by atoms with Gasteiger partial charge in [0.2, 0.25) is 0 Å². The van der Waals surface area contributed by atoms with E-state index in [9.17, 15) is 9.90 Å². The van der Waals surface area contributed by atoms with Crippen molar-refractivity contribution in [3.63, 3.8) is 0 Å². The Labute approximate surface area is 111 Å². The number of carboxylic acids is 1. The molecule has 3 heteroatoms. The van der Waals surface area contributed by atoms with Gasteiger partial charge in [-0.25, -0.2) is 0 Å². The summed E-state index contributed by atoms with van der Waals surface area (Å²) < 4.78 is 0. The van der Waals surface area contributed by atoms with E-state index >= 15 is 0 Å². The highest BCUT2D eigenvalue weighted by Gasteiger charge is 2.39. The Morgan fingerprint density at radius 3 is 2.33 bits per heavy atom. The molecule has 1 saturated carbocycles. The highest BCUT2D eigenvalue weighted by Crippen LogP contribution is 2.44. The fourth-order valence-corrected chi connectivity index (χ4v) is 3.71. The van der Waals surface area contributed by atoms with E-state index in [4.69, 9.17) is 0 Å². The molecule has 0 saturated heterocycles. The Bertz CT molecular complexity index is 266. The zero-order valence-corrected chi connectivity index (χ0v) is 12.3. The summed E-state index contributed by atoms with van der Waals surface area (Å²) in [6, 6.07) is 0. The van der Waals surface area contributed by atoms with Crippen LogP contribution in [0.3, 0.4) is 0 Å². The molecule has 1 fully saturated rings. The van der Waals surface area contributed by atoms with Gasteiger partial charge in [0, 0.05) is 6.54 Å². The van der Waals surface area contributed by atoms with E-state index in [-0.39, 0.29) is 5.41 Å². The molecule has 0 amide bonds. The average Bonchev–Trinajstić information content (AvgIpc) is 2.12. The molecule has 3 atom stereocenters. The molecule has 0 heterocycles. The van der Waals surface area contributed by atoms with E-state index in [0.717, 1.165) is 25.9 Å². The van der Waals surface area contributed by atoms with Crippen LogP contribution in [0, 0.1) is 23.2 Å². The number of carboxylic acid groups (broad SMARTS) is 1. The van der Waals surface area contributed by atoms with E-state index < -0.39 is 5.97 Å². The Hall–Kier alpha value is -0.570. The van der Waals surface area contributed by atoms with E-state index in [2.05, 4.69) is 33.0 Å². The zero-order valence-electron chi connectivity index (χ0n) is 12.3. The first-order valence-corrected chi connectivity index (χ1v) is 7.25. The molecular weight excluding hydrogens is 226 g/mol. The minimum absolute atomic E-state index is 0.0300. The average molecular weight is 255 g/mol. The molecule has 0 aromatic rings. The van der Waals surface area contributed by atoms with Crippen LogP contribution in [0.1, 0.15) is 53.4 Å². The summed E-state index contributed by atoms with van der Waals surface area (Å²) in [6.07, 6.45) is 3.65. The fraction of sp³-hybridized carbons (Fsp3) is 0.933. The lowest BCUT2D eigenvalue weighted by Gasteiger charge is -2.42. The quantitative estimate of drug-likeness (QED) is 0.766. The van der Waals surface area contributed by atoms with Gasteiger partial charge in [-0.05, 0) is 49.0 Å². The topological polar surface area (TPSA) is 49.3 Å². The number of aliphatic carboxylic acids is 1. The molecule has 106 valence electrons. The van der Waals surface area contributed by atoms with Crippen molar-refractivity contribution < 1.29 is 9.90 Å². The molecule has 2 N–H and O–H groups in total. The van der Waals surface area contributed by atoms with Crippen LogP contribution in [0.2, 0.25) is 0 Å². The van der Waals surface area contributed by atoms with Gasteiger partial charge in [0.05, 0.1) is 6.42 Å². The SMILES string of the molecule is CC(C)CNCC1(CC(=O)O)C[C@H](C)C[C@H](C)C1. The minimum atomic E-state index is -0.650. The maximum Gasteiger partial charge on any atom is 0.303 e. The van der Waals surface area contributed by atoms with Crippen molar-refractivity contribution in [1.82, 2.24) is 5.32 Å². The Balaban J connectivity index is 2.65. The zero-order chi connectivity index (χ0) is 13.8. The molecule has 18 heavy (non-hydrogen) atoms. The minimum Gasteiger partial charge on any atom is -0.481 e. The number of carbonyl (C=O) groups is 1. The standard InChI is InChI=1S/C15H29NO2/c1-11(2)9-16-10-15(8-14(17)18)6-12(3)5-13(4)7-15/h11-13,16H,5-10H2,1-4H3,(H,17,18)/t12-,13+,15?. The molecule has 1 unspecified atom stereocenters. The molecule has 3 nitrogen and oxygen atoms in total. The maximum atomic E-state index is 11.2. The van der Waals surface area contributed by atoms with Crippen molar-refractivity contribution >= 4 is 5.97 Å². The van der Waals surface area contributed by atoms with Gasteiger partial charge in [-0.1, -0.05) is 27.7 Å². The summed E-state index contributed by atoms with van der Waals surface area (Å²) >= 11 is 0. The van der Waals surface area contributed by atoms with Crippen LogP contribution in [0.4, 0.5) is 0 Å². The normalized spacial score (nSPS) is 32.7. The van der Waals surface area contributed by atoms with Gasteiger partial charge >= 0.3 is 5.97 Å². The van der Waals surface area contributed by atoms with Crippen LogP contribution in [-0.4, -0.2) is 24.2 Å². The van der Waals surface area contributed by atoms with E-state index in [0.29, 0.717) is 24.2 Å². The van der Waals surface area contributed by atoms with Crippen LogP contribution in [0.25, 0.3) is 0 Å². The van der Waals surface area contributed by atoms with Gasteiger partial charge in [-0.15, -0.1) is 0 Å². The molecule has 0 aliphatic heterocycles. The third kappa shape index (κ3) is 4.97. The lowest BCUT2D eigenvalue weighted by Crippen LogP contribution is -2.42. The number of nitrogens with one attached hydrogen (secondary N) is 1. The molecule has 1 rings (SSSR count). The van der Waals surface area contributed by atoms with Crippen LogP contribution < -0.4 is 5.32 Å². The Kier molecular flexibility index (Phi) is 5.64. The van der Waals surface area contributed by atoms with Gasteiger partial charge in [0.1, 0.15) is 0 Å². The van der Waals surface area contributed by atoms with E-state index in [1.165, 1.54) is 6.42 Å². The van der Waals surface area contributed by atoms with Crippen LogP contribution in [0.15, 0.2) is 0 Å². The fourth-order valence-electron chi connectivity index (χ4n) is 3.71. The summed E-state index contributed by atoms with van der Waals surface area (Å²) in [5.74, 6) is 1.26. The first-order valence-electron chi connectivity index (χ1n) is 7.25. The van der Waals surface area contributed by atoms with Gasteiger partial charge < -0.3 is 10.4 Å². The number of rotatable bonds is 6. The second-order valence-electron chi connectivity index (χ2n) is 6.95. The van der Waals surface area contributed by atoms with Gasteiger partial charge in [0.25, 0.3) is 0 Å². The van der Waals surface area contributed by atoms with Gasteiger partial charge in [-0.3, -0.25) is 4.79 Å². The predicted molar refractivity (Wildman–Crippen MR) is 74.6 cm³/mol. The third-order valence-electron chi connectivity index (χ3n) is 3.95. The molecule has 0 aromatic heterocycles. The third-order valence-corrected chi connectivity index (χ3v) is 3.95. The van der Waals surface area contributed by atoms with Crippen LogP contribution in [-0.2, 0) is 4.79 Å². The molecule has 1 aliphatic carbocycles. The second-order valence-corrected chi connectivity index (χ2v) is 6.95. The van der Waals surface area contributed by atoms with Crippen molar-refractivity contribution in [2.45, 2.75) is 53.4 Å².